The van der Waals surface area contributed by atoms with Gasteiger partial charge >= 0.3 is 0 Å². The Hall–Kier alpha value is -0.840. The first-order valence-electron chi connectivity index (χ1n) is 8.90. The Bertz CT molecular complexity index is 658. The molecule has 1 heterocycles. The number of halogens is 1. The van der Waals surface area contributed by atoms with Crippen molar-refractivity contribution >= 4 is 26.8 Å². The molecule has 4 heteroatoms. The first-order chi connectivity index (χ1) is 11.1. The third-order valence-corrected chi connectivity index (χ3v) is 5.44. The van der Waals surface area contributed by atoms with Crippen LogP contribution in [0.4, 0.5) is 0 Å². The van der Waals surface area contributed by atoms with E-state index in [1.54, 1.807) is 0 Å². The van der Waals surface area contributed by atoms with Crippen molar-refractivity contribution in [2.24, 2.45) is 11.7 Å². The third-order valence-electron chi connectivity index (χ3n) is 4.95. The molecule has 3 rings (SSSR count). The molecule has 0 aliphatic heterocycles. The molecule has 0 saturated carbocycles. The van der Waals surface area contributed by atoms with E-state index >= 15 is 0 Å². The largest absolute Gasteiger partial charge is 0.357 e. The molecule has 2 unspecified atom stereocenters. The molecule has 1 aliphatic carbocycles. The summed E-state index contributed by atoms with van der Waals surface area (Å²) in [4.78, 5) is 6.18. The molecule has 0 bridgehead atoms. The lowest BCUT2D eigenvalue weighted by Crippen LogP contribution is -2.35. The fourth-order valence-corrected chi connectivity index (χ4v) is 4.42. The fourth-order valence-electron chi connectivity index (χ4n) is 4.06. The predicted octanol–water partition coefficient (Wildman–Crippen LogP) is 4.61. The van der Waals surface area contributed by atoms with Crippen molar-refractivity contribution in [3.8, 4) is 0 Å². The van der Waals surface area contributed by atoms with Crippen LogP contribution in [-0.2, 0) is 6.42 Å². The first-order valence-corrected chi connectivity index (χ1v) is 9.69. The van der Waals surface area contributed by atoms with E-state index in [2.05, 4.69) is 57.9 Å². The zero-order valence-corrected chi connectivity index (χ0v) is 15.8. The summed E-state index contributed by atoms with van der Waals surface area (Å²) in [6.45, 7) is 8.11. The quantitative estimate of drug-likeness (QED) is 0.771. The second kappa shape index (κ2) is 7.37. The molecule has 3 N–H and O–H groups in total. The van der Waals surface area contributed by atoms with Gasteiger partial charge in [0.2, 0.25) is 0 Å². The van der Waals surface area contributed by atoms with Crippen LogP contribution in [0.15, 0.2) is 22.7 Å². The summed E-state index contributed by atoms with van der Waals surface area (Å²) in [5, 5.41) is 1.34. The molecule has 2 aromatic rings. The van der Waals surface area contributed by atoms with Crippen LogP contribution in [-0.4, -0.2) is 29.5 Å². The van der Waals surface area contributed by atoms with Crippen LogP contribution < -0.4 is 5.73 Å². The summed E-state index contributed by atoms with van der Waals surface area (Å²) in [7, 11) is 0. The van der Waals surface area contributed by atoms with Gasteiger partial charge in [-0.3, -0.25) is 0 Å². The number of H-pyrrole nitrogens is 1. The van der Waals surface area contributed by atoms with Crippen LogP contribution >= 0.6 is 15.9 Å². The van der Waals surface area contributed by atoms with Crippen LogP contribution in [0.1, 0.15) is 50.4 Å². The van der Waals surface area contributed by atoms with Gasteiger partial charge in [-0.15, -0.1) is 0 Å². The zero-order chi connectivity index (χ0) is 16.4. The van der Waals surface area contributed by atoms with Gasteiger partial charge in [-0.25, -0.2) is 0 Å². The molecule has 1 aromatic heterocycles. The summed E-state index contributed by atoms with van der Waals surface area (Å²) in [5.74, 6) is 0.661. The number of rotatable bonds is 6. The normalized spacial score (nSPS) is 21.1. The van der Waals surface area contributed by atoms with Crippen LogP contribution in [0.2, 0.25) is 0 Å². The minimum atomic E-state index is 0.139. The molecule has 23 heavy (non-hydrogen) atoms. The Balaban J connectivity index is 1.84. The molecule has 0 fully saturated rings. The Kier molecular flexibility index (Phi) is 5.45. The van der Waals surface area contributed by atoms with Gasteiger partial charge < -0.3 is 15.6 Å². The molecule has 0 saturated heterocycles. The molecule has 0 amide bonds. The summed E-state index contributed by atoms with van der Waals surface area (Å²) in [5.41, 5.74) is 10.4. The number of hydrogen-bond donors (Lipinski definition) is 2. The van der Waals surface area contributed by atoms with Crippen LogP contribution in [0.25, 0.3) is 10.9 Å². The lowest BCUT2D eigenvalue weighted by molar-refractivity contribution is 0.212. The lowest BCUT2D eigenvalue weighted by Gasteiger charge is -2.32. The van der Waals surface area contributed by atoms with Gasteiger partial charge in [0.1, 0.15) is 0 Å². The highest BCUT2D eigenvalue weighted by Crippen LogP contribution is 2.37. The molecule has 1 aliphatic rings. The maximum atomic E-state index is 6.50. The Morgan fingerprint density at radius 1 is 1.26 bits per heavy atom. The van der Waals surface area contributed by atoms with Gasteiger partial charge in [-0.1, -0.05) is 29.8 Å². The number of fused-ring (bicyclic) bond motifs is 3. The van der Waals surface area contributed by atoms with E-state index in [4.69, 9.17) is 5.73 Å². The van der Waals surface area contributed by atoms with E-state index in [0.717, 1.165) is 17.3 Å². The van der Waals surface area contributed by atoms with Crippen molar-refractivity contribution in [1.82, 2.24) is 9.88 Å². The van der Waals surface area contributed by atoms with Crippen molar-refractivity contribution in [2.75, 3.05) is 19.6 Å². The number of aromatic nitrogens is 1. The van der Waals surface area contributed by atoms with Crippen molar-refractivity contribution in [3.63, 3.8) is 0 Å². The predicted molar refractivity (Wildman–Crippen MR) is 102 cm³/mol. The van der Waals surface area contributed by atoms with Crippen molar-refractivity contribution in [2.45, 2.75) is 45.6 Å². The van der Waals surface area contributed by atoms with Crippen LogP contribution in [0, 0.1) is 5.92 Å². The van der Waals surface area contributed by atoms with E-state index in [9.17, 15) is 0 Å². The van der Waals surface area contributed by atoms with Gasteiger partial charge in [0.25, 0.3) is 0 Å². The summed E-state index contributed by atoms with van der Waals surface area (Å²) < 4.78 is 1.14. The minimum Gasteiger partial charge on any atom is -0.357 e. The monoisotopic (exact) mass is 377 g/mol. The van der Waals surface area contributed by atoms with Crippen molar-refractivity contribution in [1.29, 1.82) is 0 Å². The van der Waals surface area contributed by atoms with Gasteiger partial charge in [-0.05, 0) is 68.5 Å². The lowest BCUT2D eigenvalue weighted by atomic mass is 9.83. The minimum absolute atomic E-state index is 0.139. The average Bonchev–Trinajstić information content (AvgIpc) is 2.87. The van der Waals surface area contributed by atoms with Crippen LogP contribution in [0.5, 0.6) is 0 Å². The Morgan fingerprint density at radius 2 is 2.00 bits per heavy atom. The Morgan fingerprint density at radius 3 is 2.70 bits per heavy atom. The standard InChI is InChI=1S/C19H28BrN3/c1-3-7-23(8-4-2)12-13-9-16-15-11-14(20)5-6-18(15)22-19(16)17(21)10-13/h5-6,11,13,17,22H,3-4,7-10,12,21H2,1-2H3. The van der Waals surface area contributed by atoms with Crippen molar-refractivity contribution in [3.05, 3.63) is 33.9 Å². The average molecular weight is 378 g/mol. The summed E-state index contributed by atoms with van der Waals surface area (Å²) >= 11 is 3.60. The molecule has 0 radical (unpaired) electrons. The number of aromatic amines is 1. The van der Waals surface area contributed by atoms with Gasteiger partial charge in [0.05, 0.1) is 0 Å². The van der Waals surface area contributed by atoms with E-state index in [-0.39, 0.29) is 6.04 Å². The summed E-state index contributed by atoms with van der Waals surface area (Å²) in [6, 6.07) is 6.62. The second-order valence-electron chi connectivity index (χ2n) is 6.92. The molecule has 0 spiro atoms. The van der Waals surface area contributed by atoms with Gasteiger partial charge in [0, 0.05) is 33.7 Å². The van der Waals surface area contributed by atoms with E-state index in [1.165, 1.54) is 54.6 Å². The number of benzene rings is 1. The third kappa shape index (κ3) is 3.65. The Labute approximate surface area is 147 Å². The van der Waals surface area contributed by atoms with E-state index < -0.39 is 0 Å². The van der Waals surface area contributed by atoms with Crippen LogP contribution in [0.3, 0.4) is 0 Å². The molecule has 3 nitrogen and oxygen atoms in total. The zero-order valence-electron chi connectivity index (χ0n) is 14.2. The highest BCUT2D eigenvalue weighted by Gasteiger charge is 2.28. The topological polar surface area (TPSA) is 45.0 Å². The van der Waals surface area contributed by atoms with Gasteiger partial charge in [0.15, 0.2) is 0 Å². The van der Waals surface area contributed by atoms with E-state index in [1.807, 2.05) is 0 Å². The van der Waals surface area contributed by atoms with Crippen molar-refractivity contribution < 1.29 is 0 Å². The SMILES string of the molecule is CCCN(CCC)CC1Cc2c([nH]c3ccc(Br)cc23)C(N)C1. The molecule has 2 atom stereocenters. The number of nitrogens with zero attached hydrogens (tertiary/aromatic N) is 1. The molecular formula is C19H28BrN3. The first kappa shape index (κ1) is 17.0. The molecular weight excluding hydrogens is 350 g/mol. The maximum absolute atomic E-state index is 6.50. The second-order valence-corrected chi connectivity index (χ2v) is 7.84. The van der Waals surface area contributed by atoms with E-state index in [0.29, 0.717) is 5.92 Å². The smallest absolute Gasteiger partial charge is 0.0460 e. The number of nitrogens with one attached hydrogen (secondary N) is 1. The summed E-state index contributed by atoms with van der Waals surface area (Å²) in [6.07, 6.45) is 4.68. The molecule has 1 aromatic carbocycles. The highest BCUT2D eigenvalue weighted by atomic mass is 79.9. The highest BCUT2D eigenvalue weighted by molar-refractivity contribution is 9.10. The number of nitrogens with two attached hydrogens (primary N) is 1. The number of hydrogen-bond acceptors (Lipinski definition) is 2. The fraction of sp³-hybridized carbons (Fsp3) is 0.579. The molecule has 126 valence electrons. The maximum Gasteiger partial charge on any atom is 0.0460 e. The van der Waals surface area contributed by atoms with Gasteiger partial charge in [-0.2, -0.15) is 0 Å².